The zero-order valence-electron chi connectivity index (χ0n) is 11.7. The standard InChI is InChI=1S/C13H30P.ClH/c1-11(2)8-14(7,9-12(3)4)10-13(5)6;/h11-13H,8-10H2,1-7H3;1H/q+1;/p-1. The number of rotatable bonds is 6. The van der Waals surface area contributed by atoms with Gasteiger partial charge in [-0.05, 0) is 17.8 Å². The second-order valence-corrected chi connectivity index (χ2v) is 10.7. The molecule has 0 aromatic carbocycles. The van der Waals surface area contributed by atoms with Gasteiger partial charge in [0.05, 0.1) is 18.5 Å². The lowest BCUT2D eigenvalue weighted by Crippen LogP contribution is -3.00. The van der Waals surface area contributed by atoms with Crippen molar-refractivity contribution in [1.82, 2.24) is 0 Å². The molecule has 0 bridgehead atoms. The van der Waals surface area contributed by atoms with Crippen LogP contribution >= 0.6 is 7.26 Å². The molecule has 0 N–H and O–H groups in total. The Kier molecular flexibility index (Phi) is 9.54. The van der Waals surface area contributed by atoms with Crippen molar-refractivity contribution in [2.45, 2.75) is 41.5 Å². The number of hydrogen-bond acceptors (Lipinski definition) is 0. The Bertz CT molecular complexity index is 126. The molecule has 0 amide bonds. The summed E-state index contributed by atoms with van der Waals surface area (Å²) in [6.45, 7) is 16.8. The first kappa shape index (κ1) is 18.1. The lowest BCUT2D eigenvalue weighted by Gasteiger charge is -2.28. The third-order valence-electron chi connectivity index (χ3n) is 2.42. The lowest BCUT2D eigenvalue weighted by atomic mass is 10.3. The molecule has 0 atom stereocenters. The van der Waals surface area contributed by atoms with Crippen molar-refractivity contribution < 1.29 is 12.4 Å². The highest BCUT2D eigenvalue weighted by molar-refractivity contribution is 7.75. The van der Waals surface area contributed by atoms with Gasteiger partial charge in [0.15, 0.2) is 0 Å². The largest absolute Gasteiger partial charge is 1.00 e. The number of hydrogen-bond donors (Lipinski definition) is 0. The van der Waals surface area contributed by atoms with E-state index in [0.717, 1.165) is 17.8 Å². The molecule has 0 aromatic heterocycles. The summed E-state index contributed by atoms with van der Waals surface area (Å²) in [4.78, 5) is 0. The van der Waals surface area contributed by atoms with Gasteiger partial charge in [0, 0.05) is 13.9 Å². The van der Waals surface area contributed by atoms with E-state index in [1.165, 1.54) is 18.5 Å². The van der Waals surface area contributed by atoms with Gasteiger partial charge in [-0.3, -0.25) is 0 Å². The van der Waals surface area contributed by atoms with E-state index in [4.69, 9.17) is 0 Å². The first-order valence-electron chi connectivity index (χ1n) is 6.08. The normalized spacial score (nSPS) is 12.4. The summed E-state index contributed by atoms with van der Waals surface area (Å²) in [5.41, 5.74) is 0. The highest BCUT2D eigenvalue weighted by Crippen LogP contribution is 2.58. The van der Waals surface area contributed by atoms with E-state index in [9.17, 15) is 0 Å². The molecular weight excluding hydrogens is 223 g/mol. The summed E-state index contributed by atoms with van der Waals surface area (Å²) in [7, 11) is -0.638. The Morgan fingerprint density at radius 1 is 0.667 bits per heavy atom. The molecule has 94 valence electrons. The summed E-state index contributed by atoms with van der Waals surface area (Å²) < 4.78 is 0. The maximum absolute atomic E-state index is 2.59. The minimum Gasteiger partial charge on any atom is -1.00 e. The molecule has 0 aliphatic carbocycles. The first-order chi connectivity index (χ1) is 6.25. The van der Waals surface area contributed by atoms with Gasteiger partial charge in [-0.15, -0.1) is 0 Å². The van der Waals surface area contributed by atoms with Crippen LogP contribution in [0.3, 0.4) is 0 Å². The van der Waals surface area contributed by atoms with E-state index < -0.39 is 7.26 Å². The van der Waals surface area contributed by atoms with Crippen LogP contribution < -0.4 is 12.4 Å². The fourth-order valence-corrected chi connectivity index (χ4v) is 8.60. The predicted molar refractivity (Wildman–Crippen MR) is 72.0 cm³/mol. The van der Waals surface area contributed by atoms with Gasteiger partial charge in [0.2, 0.25) is 0 Å². The van der Waals surface area contributed by atoms with Crippen LogP contribution in [0.5, 0.6) is 0 Å². The van der Waals surface area contributed by atoms with E-state index in [1.54, 1.807) is 0 Å². The van der Waals surface area contributed by atoms with Crippen LogP contribution in [-0.4, -0.2) is 25.2 Å². The molecular formula is C13H30ClP. The van der Waals surface area contributed by atoms with E-state index in [1.807, 2.05) is 0 Å². The fraction of sp³-hybridized carbons (Fsp3) is 1.00. The van der Waals surface area contributed by atoms with Gasteiger partial charge in [-0.1, -0.05) is 41.5 Å². The molecule has 0 rings (SSSR count). The Labute approximate surface area is 104 Å². The van der Waals surface area contributed by atoms with Crippen LogP contribution in [0.4, 0.5) is 0 Å². The smallest absolute Gasteiger partial charge is 0.0614 e. The Morgan fingerprint density at radius 2 is 0.867 bits per heavy atom. The van der Waals surface area contributed by atoms with E-state index >= 15 is 0 Å². The zero-order chi connectivity index (χ0) is 11.4. The van der Waals surface area contributed by atoms with E-state index in [2.05, 4.69) is 48.2 Å². The van der Waals surface area contributed by atoms with Crippen molar-refractivity contribution in [2.75, 3.05) is 25.2 Å². The average Bonchev–Trinajstić information content (AvgIpc) is 1.76. The molecule has 0 aromatic rings. The van der Waals surface area contributed by atoms with Crippen LogP contribution in [0.1, 0.15) is 41.5 Å². The highest BCUT2D eigenvalue weighted by Gasteiger charge is 2.33. The minimum atomic E-state index is -0.638. The van der Waals surface area contributed by atoms with E-state index in [-0.39, 0.29) is 12.4 Å². The molecule has 0 unspecified atom stereocenters. The van der Waals surface area contributed by atoms with Crippen molar-refractivity contribution >= 4 is 7.26 Å². The van der Waals surface area contributed by atoms with Crippen LogP contribution in [0.25, 0.3) is 0 Å². The third-order valence-corrected chi connectivity index (χ3v) is 7.25. The van der Waals surface area contributed by atoms with Crippen LogP contribution in [0, 0.1) is 17.8 Å². The summed E-state index contributed by atoms with van der Waals surface area (Å²) in [6.07, 6.45) is 4.47. The van der Waals surface area contributed by atoms with Crippen LogP contribution in [-0.2, 0) is 0 Å². The predicted octanol–water partition coefficient (Wildman–Crippen LogP) is 1.61. The quantitative estimate of drug-likeness (QED) is 0.630. The van der Waals surface area contributed by atoms with Gasteiger partial charge < -0.3 is 12.4 Å². The molecule has 2 heteroatoms. The van der Waals surface area contributed by atoms with E-state index in [0.29, 0.717) is 0 Å². The second kappa shape index (κ2) is 7.91. The van der Waals surface area contributed by atoms with Gasteiger partial charge in [-0.25, -0.2) is 0 Å². The first-order valence-corrected chi connectivity index (χ1v) is 8.88. The molecule has 0 heterocycles. The summed E-state index contributed by atoms with van der Waals surface area (Å²) >= 11 is 0. The maximum atomic E-state index is 2.59. The molecule has 0 aliphatic heterocycles. The highest BCUT2D eigenvalue weighted by atomic mass is 35.5. The van der Waals surface area contributed by atoms with Gasteiger partial charge in [0.1, 0.15) is 0 Å². The molecule has 0 saturated carbocycles. The lowest BCUT2D eigenvalue weighted by molar-refractivity contribution is -0.00000396. The van der Waals surface area contributed by atoms with Crippen molar-refractivity contribution in [3.8, 4) is 0 Å². The van der Waals surface area contributed by atoms with Crippen LogP contribution in [0.15, 0.2) is 0 Å². The van der Waals surface area contributed by atoms with Crippen molar-refractivity contribution in [3.63, 3.8) is 0 Å². The van der Waals surface area contributed by atoms with Gasteiger partial charge in [0.25, 0.3) is 0 Å². The summed E-state index contributed by atoms with van der Waals surface area (Å²) in [6, 6.07) is 0. The Morgan fingerprint density at radius 3 is 1.00 bits per heavy atom. The fourth-order valence-electron chi connectivity index (χ4n) is 2.87. The third kappa shape index (κ3) is 9.64. The zero-order valence-corrected chi connectivity index (χ0v) is 13.3. The molecule has 15 heavy (non-hydrogen) atoms. The SMILES string of the molecule is CC(C)C[P+](C)(CC(C)C)CC(C)C.[Cl-]. The molecule has 0 nitrogen and oxygen atoms in total. The van der Waals surface area contributed by atoms with Gasteiger partial charge in [-0.2, -0.15) is 0 Å². The van der Waals surface area contributed by atoms with Crippen molar-refractivity contribution in [1.29, 1.82) is 0 Å². The Hall–Kier alpha value is 0.720. The molecule has 0 radical (unpaired) electrons. The van der Waals surface area contributed by atoms with Crippen LogP contribution in [0.2, 0.25) is 0 Å². The maximum Gasteiger partial charge on any atom is 0.0614 e. The monoisotopic (exact) mass is 252 g/mol. The molecule has 0 aliphatic rings. The minimum absolute atomic E-state index is 0. The van der Waals surface area contributed by atoms with Crippen molar-refractivity contribution in [2.24, 2.45) is 17.8 Å². The average molecular weight is 253 g/mol. The number of halogens is 1. The summed E-state index contributed by atoms with van der Waals surface area (Å²) in [5.74, 6) is 2.64. The summed E-state index contributed by atoms with van der Waals surface area (Å²) in [5, 5.41) is 0. The van der Waals surface area contributed by atoms with Crippen molar-refractivity contribution in [3.05, 3.63) is 0 Å². The Balaban J connectivity index is 0. The van der Waals surface area contributed by atoms with Gasteiger partial charge >= 0.3 is 0 Å². The second-order valence-electron chi connectivity index (χ2n) is 6.35. The topological polar surface area (TPSA) is 0 Å². The molecule has 0 fully saturated rings. The molecule has 0 spiro atoms. The molecule has 0 saturated heterocycles.